The molecule has 6 heteroatoms. The standard InChI is InChI=1S/C17H20N2O4/c1-5-23-17(20)16(14-7-6-10-19(14)2)18-13-9-8-12(21-3)11-15(13)22-4/h6-11H,5H2,1-4H3/b18-16-. The first-order valence-electron chi connectivity index (χ1n) is 7.20. The largest absolute Gasteiger partial charge is 0.497 e. The number of carbonyl (C=O) groups excluding carboxylic acids is 1. The molecule has 23 heavy (non-hydrogen) atoms. The van der Waals surface area contributed by atoms with Gasteiger partial charge in [-0.15, -0.1) is 0 Å². The van der Waals surface area contributed by atoms with Crippen molar-refractivity contribution in [3.05, 3.63) is 42.2 Å². The van der Waals surface area contributed by atoms with Crippen molar-refractivity contribution in [2.45, 2.75) is 6.92 Å². The molecule has 6 nitrogen and oxygen atoms in total. The van der Waals surface area contributed by atoms with Crippen LogP contribution in [0.4, 0.5) is 5.69 Å². The van der Waals surface area contributed by atoms with Gasteiger partial charge in [-0.2, -0.15) is 0 Å². The maximum atomic E-state index is 12.3. The third-order valence-corrected chi connectivity index (χ3v) is 3.27. The van der Waals surface area contributed by atoms with Crippen molar-refractivity contribution >= 4 is 17.4 Å². The molecule has 0 aliphatic rings. The Morgan fingerprint density at radius 2 is 2.00 bits per heavy atom. The van der Waals surface area contributed by atoms with E-state index in [2.05, 4.69) is 4.99 Å². The molecule has 0 radical (unpaired) electrons. The Morgan fingerprint density at radius 1 is 1.22 bits per heavy atom. The van der Waals surface area contributed by atoms with Crippen molar-refractivity contribution in [2.75, 3.05) is 20.8 Å². The van der Waals surface area contributed by atoms with Crippen LogP contribution < -0.4 is 9.47 Å². The number of ether oxygens (including phenoxy) is 3. The molecule has 2 aromatic rings. The van der Waals surface area contributed by atoms with Gasteiger partial charge in [0.15, 0.2) is 5.71 Å². The zero-order valence-electron chi connectivity index (χ0n) is 13.7. The van der Waals surface area contributed by atoms with Gasteiger partial charge in [0.05, 0.1) is 26.5 Å². The van der Waals surface area contributed by atoms with E-state index < -0.39 is 5.97 Å². The van der Waals surface area contributed by atoms with E-state index in [0.717, 1.165) is 0 Å². The number of aliphatic imine (C=N–C) groups is 1. The topological polar surface area (TPSA) is 62.1 Å². The van der Waals surface area contributed by atoms with Crippen LogP contribution in [0.1, 0.15) is 12.6 Å². The molecule has 1 heterocycles. The first-order chi connectivity index (χ1) is 11.1. The maximum Gasteiger partial charge on any atom is 0.359 e. The lowest BCUT2D eigenvalue weighted by Crippen LogP contribution is -2.21. The van der Waals surface area contributed by atoms with Gasteiger partial charge in [0.1, 0.15) is 17.2 Å². The Bertz CT molecular complexity index is 719. The smallest absolute Gasteiger partial charge is 0.359 e. The van der Waals surface area contributed by atoms with Crippen LogP contribution in [0.5, 0.6) is 11.5 Å². The predicted octanol–water partition coefficient (Wildman–Crippen LogP) is 2.73. The quantitative estimate of drug-likeness (QED) is 0.607. The lowest BCUT2D eigenvalue weighted by molar-refractivity contribution is -0.134. The Morgan fingerprint density at radius 3 is 2.57 bits per heavy atom. The van der Waals surface area contributed by atoms with E-state index in [1.165, 1.54) is 0 Å². The SMILES string of the molecule is CCOC(=O)/C(=N\c1ccc(OC)cc1OC)c1cccn1C. The summed E-state index contributed by atoms with van der Waals surface area (Å²) >= 11 is 0. The van der Waals surface area contributed by atoms with Crippen LogP contribution >= 0.6 is 0 Å². The molecule has 0 aliphatic heterocycles. The van der Waals surface area contributed by atoms with E-state index in [9.17, 15) is 4.79 Å². The first-order valence-corrected chi connectivity index (χ1v) is 7.20. The second-order valence-electron chi connectivity index (χ2n) is 4.72. The summed E-state index contributed by atoms with van der Waals surface area (Å²) in [7, 11) is 4.96. The molecule has 0 amide bonds. The van der Waals surface area contributed by atoms with Gasteiger partial charge in [-0.3, -0.25) is 0 Å². The van der Waals surface area contributed by atoms with Crippen molar-refractivity contribution in [2.24, 2.45) is 12.0 Å². The molecule has 0 aliphatic carbocycles. The van der Waals surface area contributed by atoms with Gasteiger partial charge in [-0.25, -0.2) is 9.79 Å². The number of hydrogen-bond acceptors (Lipinski definition) is 5. The molecule has 1 aromatic carbocycles. The number of nitrogens with zero attached hydrogens (tertiary/aromatic N) is 2. The van der Waals surface area contributed by atoms with Crippen molar-refractivity contribution in [3.63, 3.8) is 0 Å². The monoisotopic (exact) mass is 316 g/mol. The van der Waals surface area contributed by atoms with Crippen LogP contribution in [0.3, 0.4) is 0 Å². The fraction of sp³-hybridized carbons (Fsp3) is 0.294. The molecule has 0 unspecified atom stereocenters. The van der Waals surface area contributed by atoms with E-state index >= 15 is 0 Å². The first kappa shape index (κ1) is 16.6. The highest BCUT2D eigenvalue weighted by Crippen LogP contribution is 2.32. The van der Waals surface area contributed by atoms with Gasteiger partial charge in [-0.1, -0.05) is 0 Å². The summed E-state index contributed by atoms with van der Waals surface area (Å²) in [6.45, 7) is 2.04. The minimum absolute atomic E-state index is 0.225. The van der Waals surface area contributed by atoms with E-state index in [0.29, 0.717) is 22.9 Å². The second kappa shape index (κ2) is 7.49. The van der Waals surface area contributed by atoms with E-state index in [-0.39, 0.29) is 12.3 Å². The third kappa shape index (κ3) is 3.71. The van der Waals surface area contributed by atoms with Crippen LogP contribution in [-0.4, -0.2) is 37.1 Å². The molecule has 0 saturated carbocycles. The number of methoxy groups -OCH3 is 2. The summed E-state index contributed by atoms with van der Waals surface area (Å²) in [4.78, 5) is 16.8. The van der Waals surface area contributed by atoms with Gasteiger partial charge in [-0.05, 0) is 31.2 Å². The summed E-state index contributed by atoms with van der Waals surface area (Å²) in [6.07, 6.45) is 1.84. The van der Waals surface area contributed by atoms with Crippen molar-refractivity contribution < 1.29 is 19.0 Å². The predicted molar refractivity (Wildman–Crippen MR) is 87.8 cm³/mol. The molecule has 0 fully saturated rings. The molecule has 0 bridgehead atoms. The highest BCUT2D eigenvalue weighted by molar-refractivity contribution is 6.43. The van der Waals surface area contributed by atoms with E-state index in [1.807, 2.05) is 29.9 Å². The average molecular weight is 316 g/mol. The number of carbonyl (C=O) groups is 1. The van der Waals surface area contributed by atoms with Gasteiger partial charge in [0, 0.05) is 19.3 Å². The van der Waals surface area contributed by atoms with Gasteiger partial charge in [0.2, 0.25) is 0 Å². The van der Waals surface area contributed by atoms with Crippen LogP contribution in [0.15, 0.2) is 41.5 Å². The summed E-state index contributed by atoms with van der Waals surface area (Å²) in [6, 6.07) is 8.86. The van der Waals surface area contributed by atoms with Crippen molar-refractivity contribution in [1.82, 2.24) is 4.57 Å². The highest BCUT2D eigenvalue weighted by atomic mass is 16.5. The average Bonchev–Trinajstić information content (AvgIpc) is 2.98. The highest BCUT2D eigenvalue weighted by Gasteiger charge is 2.19. The van der Waals surface area contributed by atoms with Crippen LogP contribution in [-0.2, 0) is 16.6 Å². The number of benzene rings is 1. The Hall–Kier alpha value is -2.76. The summed E-state index contributed by atoms with van der Waals surface area (Å²) in [5, 5.41) is 0. The number of rotatable bonds is 6. The minimum atomic E-state index is -0.479. The van der Waals surface area contributed by atoms with Gasteiger partial charge in [0.25, 0.3) is 0 Å². The summed E-state index contributed by atoms with van der Waals surface area (Å²) in [5.41, 5.74) is 1.42. The van der Waals surface area contributed by atoms with Crippen molar-refractivity contribution in [3.8, 4) is 11.5 Å². The lowest BCUT2D eigenvalue weighted by atomic mass is 10.2. The van der Waals surface area contributed by atoms with Crippen LogP contribution in [0.25, 0.3) is 0 Å². The molecular formula is C17H20N2O4. The van der Waals surface area contributed by atoms with Crippen LogP contribution in [0.2, 0.25) is 0 Å². The normalized spacial score (nSPS) is 11.2. The number of aromatic nitrogens is 1. The number of aryl methyl sites for hydroxylation is 1. The molecular weight excluding hydrogens is 296 g/mol. The fourth-order valence-corrected chi connectivity index (χ4v) is 2.11. The second-order valence-corrected chi connectivity index (χ2v) is 4.72. The number of esters is 1. The van der Waals surface area contributed by atoms with E-state index in [1.54, 1.807) is 39.3 Å². The fourth-order valence-electron chi connectivity index (χ4n) is 2.11. The summed E-state index contributed by atoms with van der Waals surface area (Å²) < 4.78 is 17.4. The van der Waals surface area contributed by atoms with Gasteiger partial charge >= 0.3 is 5.97 Å². The maximum absolute atomic E-state index is 12.3. The molecule has 0 spiro atoms. The molecule has 1 aromatic heterocycles. The Labute approximate surface area is 135 Å². The zero-order valence-corrected chi connectivity index (χ0v) is 13.7. The zero-order chi connectivity index (χ0) is 16.8. The molecule has 0 saturated heterocycles. The lowest BCUT2D eigenvalue weighted by Gasteiger charge is -2.10. The Kier molecular flexibility index (Phi) is 5.41. The van der Waals surface area contributed by atoms with E-state index in [4.69, 9.17) is 14.2 Å². The molecule has 2 rings (SSSR count). The molecule has 0 N–H and O–H groups in total. The molecule has 122 valence electrons. The van der Waals surface area contributed by atoms with Gasteiger partial charge < -0.3 is 18.8 Å². The molecule has 0 atom stereocenters. The van der Waals surface area contributed by atoms with Crippen LogP contribution in [0, 0.1) is 0 Å². The minimum Gasteiger partial charge on any atom is -0.497 e. The summed E-state index contributed by atoms with van der Waals surface area (Å²) in [5.74, 6) is 0.685. The Balaban J connectivity index is 2.53. The van der Waals surface area contributed by atoms with Crippen molar-refractivity contribution in [1.29, 1.82) is 0 Å². The third-order valence-electron chi connectivity index (χ3n) is 3.27. The number of hydrogen-bond donors (Lipinski definition) is 0.